The van der Waals surface area contributed by atoms with E-state index in [4.69, 9.17) is 9.15 Å². The predicted molar refractivity (Wildman–Crippen MR) is 86.6 cm³/mol. The highest BCUT2D eigenvalue weighted by atomic mass is 16.5. The average Bonchev–Trinajstić information content (AvgIpc) is 2.99. The summed E-state index contributed by atoms with van der Waals surface area (Å²) in [5.74, 6) is 1.13. The Morgan fingerprint density at radius 1 is 1.26 bits per heavy atom. The van der Waals surface area contributed by atoms with Gasteiger partial charge in [0.1, 0.15) is 17.3 Å². The number of aromatic nitrogens is 1. The van der Waals surface area contributed by atoms with E-state index in [2.05, 4.69) is 15.6 Å². The quantitative estimate of drug-likeness (QED) is 0.776. The van der Waals surface area contributed by atoms with Crippen molar-refractivity contribution in [1.82, 2.24) is 4.98 Å². The van der Waals surface area contributed by atoms with Crippen molar-refractivity contribution in [3.8, 4) is 5.75 Å². The van der Waals surface area contributed by atoms with Crippen LogP contribution in [0, 0.1) is 0 Å². The van der Waals surface area contributed by atoms with Gasteiger partial charge in [-0.2, -0.15) is 0 Å². The Hall–Kier alpha value is -3.02. The van der Waals surface area contributed by atoms with E-state index in [-0.39, 0.29) is 18.6 Å². The molecule has 2 aromatic carbocycles. The molecule has 116 valence electrons. The van der Waals surface area contributed by atoms with Crippen molar-refractivity contribution >= 4 is 28.4 Å². The lowest BCUT2D eigenvalue weighted by Crippen LogP contribution is -2.25. The van der Waals surface area contributed by atoms with Gasteiger partial charge in [-0.25, -0.2) is 4.98 Å². The van der Waals surface area contributed by atoms with E-state index in [1.807, 2.05) is 49.4 Å². The van der Waals surface area contributed by atoms with Crippen LogP contribution in [0.15, 0.2) is 46.9 Å². The van der Waals surface area contributed by atoms with Gasteiger partial charge in [-0.05, 0) is 31.2 Å². The predicted octanol–water partition coefficient (Wildman–Crippen LogP) is 3.33. The molecule has 6 heteroatoms. The Balaban J connectivity index is 1.56. The number of fused-ring (bicyclic) bond motifs is 2. The number of hydrogen-bond acceptors (Lipinski definition) is 5. The van der Waals surface area contributed by atoms with E-state index in [0.29, 0.717) is 17.3 Å². The summed E-state index contributed by atoms with van der Waals surface area (Å²) >= 11 is 0. The molecular weight excluding hydrogens is 294 g/mol. The molecule has 0 spiro atoms. The first-order valence-corrected chi connectivity index (χ1v) is 7.38. The highest BCUT2D eigenvalue weighted by molar-refractivity contribution is 5.95. The molecule has 1 atom stereocenters. The number of carbonyl (C=O) groups is 1. The fraction of sp³-hybridized carbons (Fsp3) is 0.176. The maximum Gasteiger partial charge on any atom is 0.262 e. The van der Waals surface area contributed by atoms with Crippen molar-refractivity contribution in [2.75, 3.05) is 17.2 Å². The number of ether oxygens (including phenoxy) is 1. The summed E-state index contributed by atoms with van der Waals surface area (Å²) in [5, 5.41) is 6.10. The summed E-state index contributed by atoms with van der Waals surface area (Å²) in [7, 11) is 0. The second kappa shape index (κ2) is 5.31. The molecule has 0 fully saturated rings. The molecule has 1 unspecified atom stereocenters. The summed E-state index contributed by atoms with van der Waals surface area (Å²) in [6.07, 6.45) is 0. The zero-order valence-electron chi connectivity index (χ0n) is 12.5. The minimum Gasteiger partial charge on any atom is -0.482 e. The number of nitrogens with one attached hydrogen (secondary N) is 2. The van der Waals surface area contributed by atoms with Crippen LogP contribution in [0.25, 0.3) is 11.1 Å². The lowest BCUT2D eigenvalue weighted by atomic mass is 10.2. The van der Waals surface area contributed by atoms with Crippen molar-refractivity contribution < 1.29 is 13.9 Å². The van der Waals surface area contributed by atoms with Crippen molar-refractivity contribution in [2.24, 2.45) is 0 Å². The van der Waals surface area contributed by atoms with Crippen molar-refractivity contribution in [1.29, 1.82) is 0 Å². The fourth-order valence-electron chi connectivity index (χ4n) is 2.55. The summed E-state index contributed by atoms with van der Waals surface area (Å²) in [6, 6.07) is 13.1. The lowest BCUT2D eigenvalue weighted by Gasteiger charge is -2.19. The third-order valence-corrected chi connectivity index (χ3v) is 3.68. The fourth-order valence-corrected chi connectivity index (χ4v) is 2.55. The van der Waals surface area contributed by atoms with Gasteiger partial charge in [0.2, 0.25) is 5.89 Å². The number of anilines is 2. The molecule has 1 aliphatic rings. The smallest absolute Gasteiger partial charge is 0.262 e. The molecule has 4 rings (SSSR count). The second-order valence-electron chi connectivity index (χ2n) is 5.43. The third kappa shape index (κ3) is 2.59. The number of benzene rings is 2. The highest BCUT2D eigenvalue weighted by Gasteiger charge is 2.18. The Bertz CT molecular complexity index is 855. The van der Waals surface area contributed by atoms with Crippen LogP contribution in [0.1, 0.15) is 18.9 Å². The lowest BCUT2D eigenvalue weighted by molar-refractivity contribution is -0.118. The SMILES string of the molecule is CC(Nc1ccc2c(c1)OCC(=O)N2)c1nc2ccccc2o1. The Morgan fingerprint density at radius 2 is 2.13 bits per heavy atom. The standard InChI is InChI=1S/C17H15N3O3/c1-10(17-20-12-4-2-3-5-14(12)23-17)18-11-6-7-13-15(8-11)22-9-16(21)19-13/h2-8,10,18H,9H2,1H3,(H,19,21). The molecule has 0 saturated carbocycles. The monoisotopic (exact) mass is 309 g/mol. The summed E-state index contributed by atoms with van der Waals surface area (Å²) in [4.78, 5) is 15.8. The molecule has 2 N–H and O–H groups in total. The highest BCUT2D eigenvalue weighted by Crippen LogP contribution is 2.32. The number of amides is 1. The van der Waals surface area contributed by atoms with Crippen molar-refractivity contribution in [2.45, 2.75) is 13.0 Å². The third-order valence-electron chi connectivity index (χ3n) is 3.68. The second-order valence-corrected chi connectivity index (χ2v) is 5.43. The molecular formula is C17H15N3O3. The average molecular weight is 309 g/mol. The molecule has 1 aromatic heterocycles. The first-order chi connectivity index (χ1) is 11.2. The number of oxazole rings is 1. The van der Waals surface area contributed by atoms with Gasteiger partial charge in [0.05, 0.1) is 5.69 Å². The van der Waals surface area contributed by atoms with Crippen LogP contribution in [-0.2, 0) is 4.79 Å². The molecule has 1 amide bonds. The number of hydrogen-bond donors (Lipinski definition) is 2. The van der Waals surface area contributed by atoms with Crippen LogP contribution in [0.2, 0.25) is 0 Å². The Morgan fingerprint density at radius 3 is 3.00 bits per heavy atom. The van der Waals surface area contributed by atoms with Crippen LogP contribution >= 0.6 is 0 Å². The van der Waals surface area contributed by atoms with Gasteiger partial charge in [-0.1, -0.05) is 12.1 Å². The van der Waals surface area contributed by atoms with Gasteiger partial charge in [0.25, 0.3) is 5.91 Å². The minimum atomic E-state index is -0.141. The van der Waals surface area contributed by atoms with Crippen molar-refractivity contribution in [3.05, 3.63) is 48.4 Å². The zero-order valence-corrected chi connectivity index (χ0v) is 12.5. The Kier molecular flexibility index (Phi) is 3.15. The molecule has 3 aromatic rings. The molecule has 0 aliphatic carbocycles. The van der Waals surface area contributed by atoms with Crippen LogP contribution < -0.4 is 15.4 Å². The molecule has 1 aliphatic heterocycles. The summed E-state index contributed by atoms with van der Waals surface area (Å²) in [6.45, 7) is 2.02. The molecule has 0 bridgehead atoms. The first kappa shape index (κ1) is 13.6. The molecule has 0 radical (unpaired) electrons. The summed E-state index contributed by atoms with van der Waals surface area (Å²) < 4.78 is 11.2. The maximum absolute atomic E-state index is 11.3. The normalized spacial score (nSPS) is 14.7. The number of carbonyl (C=O) groups excluding carboxylic acids is 1. The van der Waals surface area contributed by atoms with E-state index < -0.39 is 0 Å². The van der Waals surface area contributed by atoms with Gasteiger partial charge < -0.3 is 19.8 Å². The molecule has 6 nitrogen and oxygen atoms in total. The van der Waals surface area contributed by atoms with Gasteiger partial charge in [-0.15, -0.1) is 0 Å². The molecule has 0 saturated heterocycles. The van der Waals surface area contributed by atoms with Crippen LogP contribution in [0.3, 0.4) is 0 Å². The number of para-hydroxylation sites is 2. The van der Waals surface area contributed by atoms with Gasteiger partial charge >= 0.3 is 0 Å². The molecule has 23 heavy (non-hydrogen) atoms. The van der Waals surface area contributed by atoms with Crippen LogP contribution in [0.5, 0.6) is 5.75 Å². The van der Waals surface area contributed by atoms with E-state index in [0.717, 1.165) is 16.8 Å². The Labute approximate surface area is 132 Å². The minimum absolute atomic E-state index is 0.0388. The largest absolute Gasteiger partial charge is 0.482 e. The summed E-state index contributed by atoms with van der Waals surface area (Å²) in [5.41, 5.74) is 3.16. The molecule has 2 heterocycles. The topological polar surface area (TPSA) is 76.4 Å². The first-order valence-electron chi connectivity index (χ1n) is 7.38. The van der Waals surface area contributed by atoms with Gasteiger partial charge in [-0.3, -0.25) is 4.79 Å². The van der Waals surface area contributed by atoms with Crippen LogP contribution in [0.4, 0.5) is 11.4 Å². The van der Waals surface area contributed by atoms with Crippen LogP contribution in [-0.4, -0.2) is 17.5 Å². The van der Waals surface area contributed by atoms with Gasteiger partial charge in [0.15, 0.2) is 12.2 Å². The van der Waals surface area contributed by atoms with E-state index in [1.54, 1.807) is 0 Å². The maximum atomic E-state index is 11.3. The number of nitrogens with zero attached hydrogens (tertiary/aromatic N) is 1. The van der Waals surface area contributed by atoms with Crippen molar-refractivity contribution in [3.63, 3.8) is 0 Å². The number of rotatable bonds is 3. The zero-order chi connectivity index (χ0) is 15.8. The van der Waals surface area contributed by atoms with E-state index in [1.165, 1.54) is 0 Å². The van der Waals surface area contributed by atoms with E-state index >= 15 is 0 Å². The van der Waals surface area contributed by atoms with Gasteiger partial charge in [0, 0.05) is 11.8 Å². The van der Waals surface area contributed by atoms with E-state index in [9.17, 15) is 4.79 Å².